The highest BCUT2D eigenvalue weighted by molar-refractivity contribution is 6.17. The normalized spacial score (nSPS) is 12.9. The highest BCUT2D eigenvalue weighted by atomic mass is 19.1. The van der Waals surface area contributed by atoms with E-state index in [0.29, 0.717) is 23.2 Å². The highest BCUT2D eigenvalue weighted by Gasteiger charge is 2.29. The smallest absolute Gasteiger partial charge is 0.257 e. The van der Waals surface area contributed by atoms with E-state index in [9.17, 15) is 14.0 Å². The van der Waals surface area contributed by atoms with Crippen LogP contribution >= 0.6 is 0 Å². The fourth-order valence-corrected chi connectivity index (χ4v) is 5.28. The van der Waals surface area contributed by atoms with Gasteiger partial charge in [-0.15, -0.1) is 0 Å². The van der Waals surface area contributed by atoms with Gasteiger partial charge in [0.15, 0.2) is 0 Å². The van der Waals surface area contributed by atoms with Gasteiger partial charge in [-0.1, -0.05) is 64.1 Å². The average Bonchev–Trinajstić information content (AvgIpc) is 3.00. The summed E-state index contributed by atoms with van der Waals surface area (Å²) < 4.78 is 14.2. The second-order valence-electron chi connectivity index (χ2n) is 11.4. The van der Waals surface area contributed by atoms with Gasteiger partial charge in [0, 0.05) is 13.1 Å². The first kappa shape index (κ1) is 28.5. The van der Waals surface area contributed by atoms with Gasteiger partial charge in [-0.25, -0.2) is 4.39 Å². The number of rotatable bonds is 11. The molecular formula is C33H40FN3O2. The minimum atomic E-state index is -0.500. The first-order valence-electron chi connectivity index (χ1n) is 14.0. The Balaban J connectivity index is 1.41. The third-order valence-electron chi connectivity index (χ3n) is 6.90. The molecule has 3 aromatic carbocycles. The number of para-hydroxylation sites is 2. The lowest BCUT2D eigenvalue weighted by atomic mass is 10.0. The maximum Gasteiger partial charge on any atom is 0.257 e. The van der Waals surface area contributed by atoms with Crippen molar-refractivity contribution in [2.24, 2.45) is 11.8 Å². The topological polar surface area (TPSA) is 52.7 Å². The van der Waals surface area contributed by atoms with Gasteiger partial charge in [-0.2, -0.15) is 0 Å². The molecule has 0 saturated carbocycles. The number of hydrogen-bond donors (Lipinski definition) is 1. The van der Waals surface area contributed by atoms with Crippen LogP contribution in [-0.2, 0) is 17.6 Å². The molecule has 4 rings (SSSR count). The van der Waals surface area contributed by atoms with E-state index in [1.807, 2.05) is 12.1 Å². The van der Waals surface area contributed by atoms with Gasteiger partial charge in [0.2, 0.25) is 5.91 Å². The summed E-state index contributed by atoms with van der Waals surface area (Å²) in [5.41, 5.74) is 3.69. The van der Waals surface area contributed by atoms with Gasteiger partial charge < -0.3 is 10.2 Å². The van der Waals surface area contributed by atoms with Crippen LogP contribution in [0.4, 0.5) is 21.5 Å². The summed E-state index contributed by atoms with van der Waals surface area (Å²) in [6, 6.07) is 19.2. The standard InChI is InChI=1S/C33H40FN3O2/c1-23(2)21-36(22-24(3)4)18-8-7-9-25-12-14-26(15-13-25)19-32(38)37-30-11-6-5-10-29(30)35-33(39)28-17-16-27(34)20-31(28)37/h5-6,10-17,20,23-24H,7-9,18-19,21-22H2,1-4H3,(H,35,39). The molecule has 6 heteroatoms. The fraction of sp³-hybridized carbons (Fsp3) is 0.394. The molecule has 206 valence electrons. The SMILES string of the molecule is CC(C)CN(CCCCc1ccc(CC(=O)N2c3ccccc3NC(=O)c3ccc(F)cc32)cc1)CC(C)C. The molecule has 3 aromatic rings. The van der Waals surface area contributed by atoms with E-state index < -0.39 is 5.82 Å². The highest BCUT2D eigenvalue weighted by Crippen LogP contribution is 2.38. The molecule has 0 aromatic heterocycles. The zero-order chi connectivity index (χ0) is 27.9. The van der Waals surface area contributed by atoms with Crippen LogP contribution in [0.1, 0.15) is 62.0 Å². The molecule has 1 N–H and O–H groups in total. The van der Waals surface area contributed by atoms with Gasteiger partial charge in [0.05, 0.1) is 29.0 Å². The minimum absolute atomic E-state index is 0.137. The molecule has 0 aliphatic carbocycles. The number of carbonyl (C=O) groups is 2. The Kier molecular flexibility index (Phi) is 9.52. The number of halogens is 1. The number of carbonyl (C=O) groups excluding carboxylic acids is 2. The second-order valence-corrected chi connectivity index (χ2v) is 11.4. The van der Waals surface area contributed by atoms with Crippen molar-refractivity contribution in [1.82, 2.24) is 4.90 Å². The third-order valence-corrected chi connectivity index (χ3v) is 6.90. The first-order valence-corrected chi connectivity index (χ1v) is 14.0. The number of benzene rings is 3. The second kappa shape index (κ2) is 13.0. The number of amides is 2. The third kappa shape index (κ3) is 7.54. The van der Waals surface area contributed by atoms with Crippen molar-refractivity contribution in [2.45, 2.75) is 53.4 Å². The molecule has 0 radical (unpaired) electrons. The molecule has 1 heterocycles. The summed E-state index contributed by atoms with van der Waals surface area (Å²) in [6.07, 6.45) is 3.43. The van der Waals surface area contributed by atoms with Crippen molar-refractivity contribution in [2.75, 3.05) is 29.9 Å². The number of aryl methyl sites for hydroxylation is 1. The van der Waals surface area contributed by atoms with Crippen LogP contribution in [0.2, 0.25) is 0 Å². The van der Waals surface area contributed by atoms with Crippen molar-refractivity contribution < 1.29 is 14.0 Å². The van der Waals surface area contributed by atoms with Crippen LogP contribution in [0, 0.1) is 17.7 Å². The maximum atomic E-state index is 14.2. The van der Waals surface area contributed by atoms with Crippen molar-refractivity contribution >= 4 is 28.9 Å². The Labute approximate surface area is 232 Å². The minimum Gasteiger partial charge on any atom is -0.320 e. The lowest BCUT2D eigenvalue weighted by Crippen LogP contribution is -2.32. The van der Waals surface area contributed by atoms with E-state index in [0.717, 1.165) is 44.5 Å². The zero-order valence-electron chi connectivity index (χ0n) is 23.5. The Bertz CT molecular complexity index is 1280. The molecule has 0 unspecified atom stereocenters. The van der Waals surface area contributed by atoms with Gasteiger partial charge in [-0.05, 0) is 79.1 Å². The zero-order valence-corrected chi connectivity index (χ0v) is 23.5. The molecule has 0 saturated heterocycles. The molecule has 0 bridgehead atoms. The van der Waals surface area contributed by atoms with Crippen molar-refractivity contribution in [3.63, 3.8) is 0 Å². The molecular weight excluding hydrogens is 489 g/mol. The molecule has 2 amide bonds. The summed E-state index contributed by atoms with van der Waals surface area (Å²) in [5.74, 6) is 0.249. The number of hydrogen-bond acceptors (Lipinski definition) is 3. The van der Waals surface area contributed by atoms with E-state index in [-0.39, 0.29) is 29.5 Å². The first-order chi connectivity index (χ1) is 18.7. The Morgan fingerprint density at radius 3 is 2.23 bits per heavy atom. The summed E-state index contributed by atoms with van der Waals surface area (Å²) in [6.45, 7) is 12.5. The van der Waals surface area contributed by atoms with E-state index in [1.54, 1.807) is 24.3 Å². The summed E-state index contributed by atoms with van der Waals surface area (Å²) in [5, 5.41) is 2.85. The Morgan fingerprint density at radius 2 is 1.54 bits per heavy atom. The van der Waals surface area contributed by atoms with Crippen molar-refractivity contribution in [3.8, 4) is 0 Å². The quantitative estimate of drug-likeness (QED) is 0.267. The van der Waals surface area contributed by atoms with Crippen molar-refractivity contribution in [3.05, 3.63) is 89.2 Å². The van der Waals surface area contributed by atoms with Gasteiger partial charge in [0.1, 0.15) is 5.82 Å². The molecule has 1 aliphatic heterocycles. The number of anilines is 3. The van der Waals surface area contributed by atoms with Crippen LogP contribution in [-0.4, -0.2) is 36.3 Å². The summed E-state index contributed by atoms with van der Waals surface area (Å²) in [7, 11) is 0. The van der Waals surface area contributed by atoms with Crippen LogP contribution in [0.5, 0.6) is 0 Å². The Morgan fingerprint density at radius 1 is 0.872 bits per heavy atom. The number of unbranched alkanes of at least 4 members (excludes halogenated alkanes) is 1. The molecule has 0 atom stereocenters. The molecule has 39 heavy (non-hydrogen) atoms. The lowest BCUT2D eigenvalue weighted by molar-refractivity contribution is -0.117. The van der Waals surface area contributed by atoms with E-state index >= 15 is 0 Å². The molecule has 1 aliphatic rings. The molecule has 0 spiro atoms. The summed E-state index contributed by atoms with van der Waals surface area (Å²) in [4.78, 5) is 30.5. The largest absolute Gasteiger partial charge is 0.320 e. The number of fused-ring (bicyclic) bond motifs is 2. The van der Waals surface area contributed by atoms with E-state index in [4.69, 9.17) is 0 Å². The van der Waals surface area contributed by atoms with Crippen LogP contribution in [0.15, 0.2) is 66.7 Å². The van der Waals surface area contributed by atoms with Crippen LogP contribution in [0.3, 0.4) is 0 Å². The van der Waals surface area contributed by atoms with Crippen LogP contribution < -0.4 is 10.2 Å². The lowest BCUT2D eigenvalue weighted by Gasteiger charge is -2.26. The number of nitrogens with zero attached hydrogens (tertiary/aromatic N) is 2. The Hall–Kier alpha value is -3.51. The van der Waals surface area contributed by atoms with Gasteiger partial charge in [0.25, 0.3) is 5.91 Å². The fourth-order valence-electron chi connectivity index (χ4n) is 5.28. The van der Waals surface area contributed by atoms with Gasteiger partial charge in [-0.3, -0.25) is 14.5 Å². The molecule has 5 nitrogen and oxygen atoms in total. The monoisotopic (exact) mass is 529 g/mol. The average molecular weight is 530 g/mol. The predicted octanol–water partition coefficient (Wildman–Crippen LogP) is 7.24. The summed E-state index contributed by atoms with van der Waals surface area (Å²) >= 11 is 0. The van der Waals surface area contributed by atoms with Crippen molar-refractivity contribution in [1.29, 1.82) is 0 Å². The predicted molar refractivity (Wildman–Crippen MR) is 157 cm³/mol. The maximum absolute atomic E-state index is 14.2. The van der Waals surface area contributed by atoms with Gasteiger partial charge >= 0.3 is 0 Å². The van der Waals surface area contributed by atoms with E-state index in [2.05, 4.69) is 50.0 Å². The molecule has 0 fully saturated rings. The van der Waals surface area contributed by atoms with Crippen LogP contribution in [0.25, 0.3) is 0 Å². The number of nitrogens with one attached hydrogen (secondary N) is 1. The van der Waals surface area contributed by atoms with E-state index in [1.165, 1.54) is 28.7 Å².